The molecule has 0 heterocycles. The molecule has 2 rings (SSSR count). The molecule has 0 aromatic heterocycles. The van der Waals surface area contributed by atoms with E-state index in [-0.39, 0.29) is 20.8 Å². The van der Waals surface area contributed by atoms with Gasteiger partial charge in [-0.05, 0) is 29.8 Å². The Labute approximate surface area is 139 Å². The van der Waals surface area contributed by atoms with Crippen molar-refractivity contribution in [2.45, 2.75) is 11.8 Å². The monoisotopic (exact) mass is 369 g/mol. The van der Waals surface area contributed by atoms with Crippen LogP contribution in [-0.4, -0.2) is 11.3 Å². The molecule has 2 aromatic rings. The Hall–Kier alpha value is -1.14. The number of nitrogen functional groups attached to an aromatic ring is 1. The Morgan fingerprint density at radius 1 is 0.864 bits per heavy atom. The highest BCUT2D eigenvalue weighted by Crippen LogP contribution is 2.46. The molecule has 8 heteroatoms. The lowest BCUT2D eigenvalue weighted by atomic mass is 9.85. The maximum Gasteiger partial charge on any atom is 0.425 e. The van der Waals surface area contributed by atoms with Gasteiger partial charge in [-0.2, -0.15) is 13.2 Å². The number of anilines is 1. The van der Waals surface area contributed by atoms with Crippen LogP contribution in [0.15, 0.2) is 36.4 Å². The summed E-state index contributed by atoms with van der Waals surface area (Å²) in [5.41, 5.74) is 1.21. The van der Waals surface area contributed by atoms with Crippen molar-refractivity contribution >= 4 is 40.5 Å². The van der Waals surface area contributed by atoms with E-state index in [1.807, 2.05) is 0 Å². The van der Waals surface area contributed by atoms with Gasteiger partial charge in [0.15, 0.2) is 0 Å². The van der Waals surface area contributed by atoms with Gasteiger partial charge in [-0.3, -0.25) is 0 Å². The summed E-state index contributed by atoms with van der Waals surface area (Å²) in [5, 5.41) is 10.3. The summed E-state index contributed by atoms with van der Waals surface area (Å²) in [6.07, 6.45) is -5.01. The third-order valence-electron chi connectivity index (χ3n) is 3.17. The molecule has 0 aliphatic heterocycles. The van der Waals surface area contributed by atoms with Crippen molar-refractivity contribution in [1.29, 1.82) is 0 Å². The summed E-state index contributed by atoms with van der Waals surface area (Å²) in [7, 11) is 0. The normalized spacial score (nSPS) is 14.7. The van der Waals surface area contributed by atoms with Gasteiger partial charge in [-0.1, -0.05) is 46.9 Å². The summed E-state index contributed by atoms with van der Waals surface area (Å²) < 4.78 is 40.6. The minimum absolute atomic E-state index is 0.0623. The molecule has 3 N–H and O–H groups in total. The predicted octanol–water partition coefficient (Wildman–Crippen LogP) is 5.03. The molecule has 0 fully saturated rings. The average Bonchev–Trinajstić information content (AvgIpc) is 2.43. The van der Waals surface area contributed by atoms with E-state index in [9.17, 15) is 18.3 Å². The van der Waals surface area contributed by atoms with Gasteiger partial charge in [0.25, 0.3) is 0 Å². The second kappa shape index (κ2) is 5.81. The van der Waals surface area contributed by atoms with E-state index < -0.39 is 22.9 Å². The molecule has 1 atom stereocenters. The van der Waals surface area contributed by atoms with Crippen molar-refractivity contribution in [3.05, 3.63) is 62.6 Å². The zero-order valence-electron chi connectivity index (χ0n) is 10.8. The zero-order valence-corrected chi connectivity index (χ0v) is 13.0. The number of nitrogens with two attached hydrogens (primary N) is 1. The summed E-state index contributed by atoms with van der Waals surface area (Å²) in [6.45, 7) is 0. The summed E-state index contributed by atoms with van der Waals surface area (Å²) in [5.74, 6) is 0. The zero-order chi connectivity index (χ0) is 16.7. The number of halogens is 6. The minimum atomic E-state index is -5.01. The van der Waals surface area contributed by atoms with Crippen LogP contribution in [0.2, 0.25) is 15.1 Å². The van der Waals surface area contributed by atoms with Crippen molar-refractivity contribution in [2.24, 2.45) is 0 Å². The topological polar surface area (TPSA) is 46.2 Å². The molecule has 0 aliphatic rings. The number of benzene rings is 2. The smallest absolute Gasteiger partial charge is 0.396 e. The Balaban J connectivity index is 2.73. The van der Waals surface area contributed by atoms with E-state index in [1.165, 1.54) is 12.1 Å². The Kier molecular flexibility index (Phi) is 4.55. The molecule has 0 amide bonds. The van der Waals surface area contributed by atoms with Gasteiger partial charge in [0, 0.05) is 10.6 Å². The molecule has 0 spiro atoms. The summed E-state index contributed by atoms with van der Waals surface area (Å²) >= 11 is 17.2. The molecular weight excluding hydrogens is 362 g/mol. The van der Waals surface area contributed by atoms with Crippen molar-refractivity contribution in [3.8, 4) is 0 Å². The number of aliphatic hydroxyl groups is 1. The minimum Gasteiger partial charge on any atom is -0.396 e. The van der Waals surface area contributed by atoms with Crippen LogP contribution < -0.4 is 5.73 Å². The highest BCUT2D eigenvalue weighted by molar-refractivity contribution is 6.38. The van der Waals surface area contributed by atoms with E-state index in [1.54, 1.807) is 0 Å². The van der Waals surface area contributed by atoms with E-state index in [2.05, 4.69) is 0 Å². The third kappa shape index (κ3) is 2.86. The van der Waals surface area contributed by atoms with Crippen LogP contribution in [0, 0.1) is 0 Å². The lowest BCUT2D eigenvalue weighted by molar-refractivity contribution is -0.248. The summed E-state index contributed by atoms with van der Waals surface area (Å²) in [6, 6.07) is 6.51. The van der Waals surface area contributed by atoms with Crippen molar-refractivity contribution in [1.82, 2.24) is 0 Å². The highest BCUT2D eigenvalue weighted by atomic mass is 35.5. The second-order valence-corrected chi connectivity index (χ2v) is 5.82. The van der Waals surface area contributed by atoms with Gasteiger partial charge in [0.05, 0.1) is 15.7 Å². The number of hydrogen-bond acceptors (Lipinski definition) is 2. The quantitative estimate of drug-likeness (QED) is 0.729. The maximum atomic E-state index is 13.5. The van der Waals surface area contributed by atoms with Crippen LogP contribution in [0.4, 0.5) is 18.9 Å². The Morgan fingerprint density at radius 2 is 1.32 bits per heavy atom. The van der Waals surface area contributed by atoms with Gasteiger partial charge in [-0.25, -0.2) is 0 Å². The number of rotatable bonds is 2. The van der Waals surface area contributed by atoms with Crippen LogP contribution >= 0.6 is 34.8 Å². The van der Waals surface area contributed by atoms with Crippen molar-refractivity contribution in [2.75, 3.05) is 5.73 Å². The number of hydrogen-bond donors (Lipinski definition) is 2. The van der Waals surface area contributed by atoms with E-state index in [0.717, 1.165) is 24.3 Å². The van der Waals surface area contributed by atoms with Crippen LogP contribution in [0.5, 0.6) is 0 Å². The fourth-order valence-corrected chi connectivity index (χ4v) is 2.59. The first-order valence-corrected chi connectivity index (χ1v) is 7.01. The molecule has 2 nitrogen and oxygen atoms in total. The highest BCUT2D eigenvalue weighted by Gasteiger charge is 2.56. The Morgan fingerprint density at radius 3 is 1.73 bits per heavy atom. The summed E-state index contributed by atoms with van der Waals surface area (Å²) in [4.78, 5) is 0. The van der Waals surface area contributed by atoms with E-state index in [0.29, 0.717) is 0 Å². The van der Waals surface area contributed by atoms with Crippen LogP contribution in [0.3, 0.4) is 0 Å². The SMILES string of the molecule is Nc1c(Cl)cc(C(O)(c2ccc(Cl)cc2)C(F)(F)F)cc1Cl. The van der Waals surface area contributed by atoms with Crippen LogP contribution in [-0.2, 0) is 5.60 Å². The van der Waals surface area contributed by atoms with Gasteiger partial charge >= 0.3 is 6.18 Å². The lowest BCUT2D eigenvalue weighted by Gasteiger charge is -2.32. The molecule has 118 valence electrons. The molecule has 0 radical (unpaired) electrons. The molecule has 0 bridgehead atoms. The van der Waals surface area contributed by atoms with Gasteiger partial charge < -0.3 is 10.8 Å². The molecular formula is C14H9Cl3F3NO. The first-order valence-electron chi connectivity index (χ1n) is 5.87. The molecule has 0 aliphatic carbocycles. The molecule has 1 unspecified atom stereocenters. The standard InChI is InChI=1S/C14H9Cl3F3NO/c15-9-3-1-7(2-4-9)13(22,14(18,19)20)8-5-10(16)12(21)11(17)6-8/h1-6,22H,21H2. The third-order valence-corrected chi connectivity index (χ3v) is 4.05. The van der Waals surface area contributed by atoms with E-state index in [4.69, 9.17) is 40.5 Å². The lowest BCUT2D eigenvalue weighted by Crippen LogP contribution is -2.43. The predicted molar refractivity (Wildman–Crippen MR) is 81.4 cm³/mol. The van der Waals surface area contributed by atoms with E-state index >= 15 is 0 Å². The molecule has 0 saturated carbocycles. The van der Waals surface area contributed by atoms with Gasteiger partial charge in [-0.15, -0.1) is 0 Å². The van der Waals surface area contributed by atoms with Gasteiger partial charge in [0.1, 0.15) is 0 Å². The fraction of sp³-hybridized carbons (Fsp3) is 0.143. The van der Waals surface area contributed by atoms with Crippen molar-refractivity contribution in [3.63, 3.8) is 0 Å². The molecule has 2 aromatic carbocycles. The number of alkyl halides is 3. The largest absolute Gasteiger partial charge is 0.425 e. The first kappa shape index (κ1) is 17.2. The van der Waals surface area contributed by atoms with Crippen molar-refractivity contribution < 1.29 is 18.3 Å². The van der Waals surface area contributed by atoms with Crippen LogP contribution in [0.1, 0.15) is 11.1 Å². The average molecular weight is 371 g/mol. The maximum absolute atomic E-state index is 13.5. The Bertz CT molecular complexity index is 680. The fourth-order valence-electron chi connectivity index (χ4n) is 1.98. The van der Waals surface area contributed by atoms with Gasteiger partial charge in [0.2, 0.25) is 5.60 Å². The second-order valence-electron chi connectivity index (χ2n) is 4.57. The molecule has 22 heavy (non-hydrogen) atoms. The van der Waals surface area contributed by atoms with Crippen LogP contribution in [0.25, 0.3) is 0 Å². The first-order chi connectivity index (χ1) is 10.1. The molecule has 0 saturated heterocycles.